The molecule has 0 fully saturated rings. The molecule has 0 N–H and O–H groups in total. The van der Waals surface area contributed by atoms with E-state index in [4.69, 9.17) is 18.9 Å². The largest absolute Gasteiger partial charge is 0.497 e. The predicted molar refractivity (Wildman–Crippen MR) is 104 cm³/mol. The summed E-state index contributed by atoms with van der Waals surface area (Å²) < 4.78 is 16.7. The number of hydrogen-bond acceptors (Lipinski definition) is 6. The molecule has 0 bridgehead atoms. The topological polar surface area (TPSA) is 60.6 Å². The maximum absolute atomic E-state index is 5.93. The fourth-order valence-electron chi connectivity index (χ4n) is 2.95. The highest BCUT2D eigenvalue weighted by atomic mass is 16.5. The van der Waals surface area contributed by atoms with Crippen LogP contribution in [0.4, 0.5) is 0 Å². The summed E-state index contributed by atoms with van der Waals surface area (Å²) in [4.78, 5) is 11.1. The van der Waals surface area contributed by atoms with Crippen molar-refractivity contribution in [3.05, 3.63) is 59.2 Å². The summed E-state index contributed by atoms with van der Waals surface area (Å²) in [5.41, 5.74) is 4.12. The molecule has 3 rings (SSSR count). The Balaban J connectivity index is 1.82. The molecule has 1 aromatic carbocycles. The van der Waals surface area contributed by atoms with Gasteiger partial charge in [0, 0.05) is 25.5 Å². The second-order valence-electron chi connectivity index (χ2n) is 6.56. The lowest BCUT2D eigenvalue weighted by molar-refractivity contribution is 0.312. The summed E-state index contributed by atoms with van der Waals surface area (Å²) in [6.07, 6.45) is 3.71. The van der Waals surface area contributed by atoms with E-state index in [-0.39, 0.29) is 0 Å². The van der Waals surface area contributed by atoms with Crippen LogP contribution in [0.25, 0.3) is 11.5 Å². The molecule has 6 heteroatoms. The normalized spacial score (nSPS) is 11.0. The number of pyridine rings is 1. The third-order valence-corrected chi connectivity index (χ3v) is 4.53. The van der Waals surface area contributed by atoms with Crippen molar-refractivity contribution in [1.29, 1.82) is 0 Å². The van der Waals surface area contributed by atoms with Gasteiger partial charge in [0.1, 0.15) is 17.3 Å². The van der Waals surface area contributed by atoms with Gasteiger partial charge in [0.05, 0.1) is 25.5 Å². The molecule has 0 amide bonds. The molecule has 142 valence electrons. The lowest BCUT2D eigenvalue weighted by Gasteiger charge is -2.16. The highest BCUT2D eigenvalue weighted by molar-refractivity contribution is 5.65. The lowest BCUT2D eigenvalue weighted by atomic mass is 10.1. The van der Waals surface area contributed by atoms with Crippen LogP contribution < -0.4 is 9.47 Å². The molecule has 0 aliphatic heterocycles. The number of hydrogen-bond donors (Lipinski definition) is 0. The van der Waals surface area contributed by atoms with E-state index in [1.165, 1.54) is 11.1 Å². The number of oxazole rings is 1. The predicted octanol–water partition coefficient (Wildman–Crippen LogP) is 4.00. The molecule has 27 heavy (non-hydrogen) atoms. The maximum Gasteiger partial charge on any atom is 0.230 e. The Morgan fingerprint density at radius 3 is 2.59 bits per heavy atom. The molecule has 2 aromatic heterocycles. The minimum atomic E-state index is 0.534. The van der Waals surface area contributed by atoms with Gasteiger partial charge in [-0.15, -0.1) is 0 Å². The first-order valence-corrected chi connectivity index (χ1v) is 8.78. The van der Waals surface area contributed by atoms with Crippen LogP contribution in [0.5, 0.6) is 11.5 Å². The van der Waals surface area contributed by atoms with Gasteiger partial charge in [-0.2, -0.15) is 0 Å². The Hall–Kier alpha value is -2.86. The number of nitrogens with zero attached hydrogens (tertiary/aromatic N) is 3. The maximum atomic E-state index is 5.93. The third kappa shape index (κ3) is 4.28. The van der Waals surface area contributed by atoms with E-state index in [1.54, 1.807) is 14.2 Å². The fraction of sp³-hybridized carbons (Fsp3) is 0.333. The molecule has 0 saturated carbocycles. The number of aryl methyl sites for hydroxylation is 2. The van der Waals surface area contributed by atoms with Crippen molar-refractivity contribution in [2.75, 3.05) is 21.3 Å². The molecule has 6 nitrogen and oxygen atoms in total. The van der Waals surface area contributed by atoms with Gasteiger partial charge in [-0.25, -0.2) is 4.98 Å². The molecule has 3 aromatic rings. The number of ether oxygens (including phenoxy) is 2. The molecule has 0 spiro atoms. The summed E-state index contributed by atoms with van der Waals surface area (Å²) in [5, 5.41) is 0. The minimum Gasteiger partial charge on any atom is -0.497 e. The molecular weight excluding hydrogens is 342 g/mol. The van der Waals surface area contributed by atoms with Gasteiger partial charge in [0.25, 0.3) is 0 Å². The number of methoxy groups -OCH3 is 2. The van der Waals surface area contributed by atoms with E-state index < -0.39 is 0 Å². The van der Waals surface area contributed by atoms with Crippen molar-refractivity contribution in [2.45, 2.75) is 26.9 Å². The van der Waals surface area contributed by atoms with Crippen molar-refractivity contribution in [3.63, 3.8) is 0 Å². The van der Waals surface area contributed by atoms with Crippen LogP contribution in [0.2, 0.25) is 0 Å². The minimum absolute atomic E-state index is 0.534. The first-order valence-electron chi connectivity index (χ1n) is 8.78. The van der Waals surface area contributed by atoms with E-state index in [9.17, 15) is 0 Å². The fourth-order valence-corrected chi connectivity index (χ4v) is 2.95. The third-order valence-electron chi connectivity index (χ3n) is 4.53. The highest BCUT2D eigenvalue weighted by Crippen LogP contribution is 2.34. The standard InChI is InChI=1S/C21H25N3O3/c1-14-11-22-9-8-16(14)12-24(3)13-19-15(2)27-21(23-19)18-10-17(25-4)6-7-20(18)26-5/h6-11H,12-13H2,1-5H3. The van der Waals surface area contributed by atoms with Crippen LogP contribution in [0, 0.1) is 13.8 Å². The van der Waals surface area contributed by atoms with Gasteiger partial charge in [-0.1, -0.05) is 0 Å². The molecule has 0 atom stereocenters. The number of aromatic nitrogens is 2. The Bertz CT molecular complexity index is 921. The van der Waals surface area contributed by atoms with Crippen LogP contribution in [0.15, 0.2) is 41.1 Å². The van der Waals surface area contributed by atoms with Gasteiger partial charge < -0.3 is 13.9 Å². The van der Waals surface area contributed by atoms with Gasteiger partial charge in [-0.05, 0) is 56.3 Å². The highest BCUT2D eigenvalue weighted by Gasteiger charge is 2.17. The van der Waals surface area contributed by atoms with E-state index in [1.807, 2.05) is 43.6 Å². The van der Waals surface area contributed by atoms with Crippen molar-refractivity contribution in [2.24, 2.45) is 0 Å². The van der Waals surface area contributed by atoms with E-state index in [0.717, 1.165) is 29.3 Å². The Morgan fingerprint density at radius 1 is 1.07 bits per heavy atom. The summed E-state index contributed by atoms with van der Waals surface area (Å²) in [5.74, 6) is 2.76. The zero-order chi connectivity index (χ0) is 19.4. The van der Waals surface area contributed by atoms with Gasteiger partial charge in [0.2, 0.25) is 5.89 Å². The van der Waals surface area contributed by atoms with Crippen LogP contribution in [0.1, 0.15) is 22.6 Å². The van der Waals surface area contributed by atoms with Gasteiger partial charge in [-0.3, -0.25) is 9.88 Å². The lowest BCUT2D eigenvalue weighted by Crippen LogP contribution is -2.18. The van der Waals surface area contributed by atoms with Crippen molar-refractivity contribution < 1.29 is 13.9 Å². The Labute approximate surface area is 159 Å². The van der Waals surface area contributed by atoms with Crippen LogP contribution in [-0.4, -0.2) is 36.1 Å². The zero-order valence-corrected chi connectivity index (χ0v) is 16.4. The Morgan fingerprint density at radius 2 is 1.89 bits per heavy atom. The number of rotatable bonds is 7. The summed E-state index contributed by atoms with van der Waals surface area (Å²) in [6.45, 7) is 5.51. The smallest absolute Gasteiger partial charge is 0.230 e. The van der Waals surface area contributed by atoms with E-state index >= 15 is 0 Å². The van der Waals surface area contributed by atoms with Crippen molar-refractivity contribution >= 4 is 0 Å². The molecule has 0 unspecified atom stereocenters. The zero-order valence-electron chi connectivity index (χ0n) is 16.4. The second kappa shape index (κ2) is 8.22. The summed E-state index contributed by atoms with van der Waals surface area (Å²) in [6, 6.07) is 7.63. The monoisotopic (exact) mass is 367 g/mol. The van der Waals surface area contributed by atoms with Crippen LogP contribution in [-0.2, 0) is 13.1 Å². The SMILES string of the molecule is COc1ccc(OC)c(-c2nc(CN(C)Cc3ccncc3C)c(C)o2)c1. The molecule has 0 aliphatic rings. The average molecular weight is 367 g/mol. The van der Waals surface area contributed by atoms with Crippen molar-refractivity contribution in [1.82, 2.24) is 14.9 Å². The van der Waals surface area contributed by atoms with Crippen LogP contribution in [0.3, 0.4) is 0 Å². The molecule has 2 heterocycles. The molecule has 0 radical (unpaired) electrons. The molecule has 0 saturated heterocycles. The first kappa shape index (κ1) is 18.9. The Kier molecular flexibility index (Phi) is 5.76. The van der Waals surface area contributed by atoms with Gasteiger partial charge >= 0.3 is 0 Å². The van der Waals surface area contributed by atoms with E-state index in [0.29, 0.717) is 18.2 Å². The van der Waals surface area contributed by atoms with Gasteiger partial charge in [0.15, 0.2) is 0 Å². The first-order chi connectivity index (χ1) is 13.0. The average Bonchev–Trinajstić information content (AvgIpc) is 3.03. The molecular formula is C21H25N3O3. The second-order valence-corrected chi connectivity index (χ2v) is 6.56. The summed E-state index contributed by atoms with van der Waals surface area (Å²) in [7, 11) is 5.33. The number of benzene rings is 1. The quantitative estimate of drug-likeness (QED) is 0.629. The van der Waals surface area contributed by atoms with E-state index in [2.05, 4.69) is 23.9 Å². The van der Waals surface area contributed by atoms with Crippen molar-refractivity contribution in [3.8, 4) is 23.0 Å². The molecule has 0 aliphatic carbocycles. The summed E-state index contributed by atoms with van der Waals surface area (Å²) >= 11 is 0. The van der Waals surface area contributed by atoms with Crippen LogP contribution >= 0.6 is 0 Å².